The van der Waals surface area contributed by atoms with Crippen LogP contribution in [-0.2, 0) is 0 Å². The number of piperazine rings is 1. The van der Waals surface area contributed by atoms with Gasteiger partial charge in [-0.3, -0.25) is 14.0 Å². The van der Waals surface area contributed by atoms with Crippen LogP contribution in [-0.4, -0.2) is 46.3 Å². The molecule has 1 atom stereocenters. The smallest absolute Gasteiger partial charge is 0.271 e. The molecule has 1 aliphatic heterocycles. The molecule has 1 aliphatic carbocycles. The van der Waals surface area contributed by atoms with E-state index in [0.717, 1.165) is 24.4 Å². The lowest BCUT2D eigenvalue weighted by molar-refractivity contribution is 0.235. The number of hydrogen-bond acceptors (Lipinski definition) is 6. The van der Waals surface area contributed by atoms with E-state index in [1.54, 1.807) is 6.07 Å². The van der Waals surface area contributed by atoms with Crippen LogP contribution in [0.2, 0.25) is 0 Å². The third kappa shape index (κ3) is 2.60. The molecule has 0 radical (unpaired) electrons. The Morgan fingerprint density at radius 1 is 1.30 bits per heavy atom. The number of aliphatic hydroxyl groups is 1. The normalized spacial score (nSPS) is 20.7. The summed E-state index contributed by atoms with van der Waals surface area (Å²) in [5.74, 6) is -0.480. The molecule has 2 fully saturated rings. The summed E-state index contributed by atoms with van der Waals surface area (Å²) < 4.78 is 19.6. The second-order valence-corrected chi connectivity index (χ2v) is 8.04. The molecule has 1 saturated carbocycles. The number of nitrogens with zero attached hydrogens (tertiary/aromatic N) is 2. The topological polar surface area (TPSA) is 90.4 Å². The summed E-state index contributed by atoms with van der Waals surface area (Å²) in [7, 11) is 0. The van der Waals surface area contributed by atoms with E-state index in [9.17, 15) is 19.1 Å². The number of anilines is 1. The van der Waals surface area contributed by atoms with Gasteiger partial charge < -0.3 is 19.9 Å². The van der Waals surface area contributed by atoms with Crippen LogP contribution >= 0.6 is 11.5 Å². The Balaban J connectivity index is 1.77. The number of aromatic amines is 1. The Bertz CT molecular complexity index is 1160. The van der Waals surface area contributed by atoms with Gasteiger partial charge in [0.15, 0.2) is 0 Å². The van der Waals surface area contributed by atoms with Gasteiger partial charge in [-0.25, -0.2) is 4.39 Å². The van der Waals surface area contributed by atoms with Gasteiger partial charge in [-0.1, -0.05) is 0 Å². The van der Waals surface area contributed by atoms with Crippen molar-refractivity contribution in [1.82, 2.24) is 14.3 Å². The average Bonchev–Trinajstić information content (AvgIpc) is 3.44. The molecule has 1 aromatic carbocycles. The van der Waals surface area contributed by atoms with Crippen LogP contribution < -0.4 is 21.2 Å². The number of H-pyrrole nitrogens is 1. The molecule has 1 unspecified atom stereocenters. The Labute approximate surface area is 157 Å². The van der Waals surface area contributed by atoms with E-state index in [2.05, 4.69) is 9.69 Å². The van der Waals surface area contributed by atoms with Crippen molar-refractivity contribution in [3.63, 3.8) is 0 Å². The first-order valence-corrected chi connectivity index (χ1v) is 9.88. The van der Waals surface area contributed by atoms with E-state index in [1.165, 1.54) is 6.07 Å². The van der Waals surface area contributed by atoms with Crippen molar-refractivity contribution >= 4 is 38.3 Å². The fraction of sp³-hybridized carbons (Fsp3) is 0.444. The molecular weight excluding hydrogens is 371 g/mol. The minimum absolute atomic E-state index is 0.0174. The highest BCUT2D eigenvalue weighted by Crippen LogP contribution is 2.40. The van der Waals surface area contributed by atoms with Crippen LogP contribution in [0, 0.1) is 5.82 Å². The molecule has 2 aliphatic rings. The average molecular weight is 390 g/mol. The molecule has 27 heavy (non-hydrogen) atoms. The van der Waals surface area contributed by atoms with Gasteiger partial charge in [-0.2, -0.15) is 0 Å². The standard InChI is InChI=1S/C18H19FN4O3S/c19-12-5-11-13(6-14(12)22-4-3-20-9(7-22)8-24)23(10-1-2-10)18-15(16(11)25)17(26)21-27-18/h5-6,9-10,20,24H,1-4,7-8H2,(H,21,26). The minimum Gasteiger partial charge on any atom is -0.395 e. The van der Waals surface area contributed by atoms with E-state index in [1.807, 2.05) is 9.47 Å². The number of pyridine rings is 1. The fourth-order valence-electron chi connectivity index (χ4n) is 3.94. The van der Waals surface area contributed by atoms with Crippen molar-refractivity contribution in [2.24, 2.45) is 0 Å². The van der Waals surface area contributed by atoms with Crippen molar-refractivity contribution in [2.45, 2.75) is 24.9 Å². The molecular formula is C18H19FN4O3S. The zero-order valence-corrected chi connectivity index (χ0v) is 15.3. The highest BCUT2D eigenvalue weighted by molar-refractivity contribution is 7.12. The lowest BCUT2D eigenvalue weighted by atomic mass is 10.1. The van der Waals surface area contributed by atoms with E-state index in [0.29, 0.717) is 35.7 Å². The fourth-order valence-corrected chi connectivity index (χ4v) is 4.87. The number of nitrogens with one attached hydrogen (secondary N) is 2. The van der Waals surface area contributed by atoms with Gasteiger partial charge in [0.05, 0.1) is 17.8 Å². The maximum absolute atomic E-state index is 14.9. The maximum atomic E-state index is 14.9. The first kappa shape index (κ1) is 16.9. The number of aromatic nitrogens is 2. The lowest BCUT2D eigenvalue weighted by Gasteiger charge is -2.34. The predicted molar refractivity (Wildman–Crippen MR) is 104 cm³/mol. The quantitative estimate of drug-likeness (QED) is 0.624. The van der Waals surface area contributed by atoms with E-state index >= 15 is 0 Å². The molecule has 142 valence electrons. The van der Waals surface area contributed by atoms with Crippen LogP contribution in [0.25, 0.3) is 21.1 Å². The Morgan fingerprint density at radius 2 is 2.11 bits per heavy atom. The molecule has 0 amide bonds. The van der Waals surface area contributed by atoms with Gasteiger partial charge in [-0.05, 0) is 36.5 Å². The van der Waals surface area contributed by atoms with Crippen LogP contribution in [0.15, 0.2) is 21.7 Å². The highest BCUT2D eigenvalue weighted by Gasteiger charge is 2.30. The van der Waals surface area contributed by atoms with Crippen molar-refractivity contribution in [1.29, 1.82) is 0 Å². The van der Waals surface area contributed by atoms with Crippen molar-refractivity contribution in [3.05, 3.63) is 38.5 Å². The van der Waals surface area contributed by atoms with Crippen LogP contribution in [0.3, 0.4) is 0 Å². The summed E-state index contributed by atoms with van der Waals surface area (Å²) in [6.07, 6.45) is 1.96. The first-order chi connectivity index (χ1) is 13.1. The van der Waals surface area contributed by atoms with Gasteiger partial charge in [0, 0.05) is 37.1 Å². The molecule has 7 nitrogen and oxygen atoms in total. The van der Waals surface area contributed by atoms with Crippen molar-refractivity contribution in [3.8, 4) is 0 Å². The monoisotopic (exact) mass is 390 g/mol. The number of fused-ring (bicyclic) bond motifs is 2. The Kier molecular flexibility index (Phi) is 3.85. The summed E-state index contributed by atoms with van der Waals surface area (Å²) in [6, 6.07) is 3.11. The van der Waals surface area contributed by atoms with E-state index in [-0.39, 0.29) is 29.5 Å². The first-order valence-electron chi connectivity index (χ1n) is 9.06. The minimum atomic E-state index is -0.480. The van der Waals surface area contributed by atoms with Gasteiger partial charge >= 0.3 is 0 Å². The maximum Gasteiger partial charge on any atom is 0.271 e. The van der Waals surface area contributed by atoms with E-state index < -0.39 is 16.8 Å². The van der Waals surface area contributed by atoms with Crippen LogP contribution in [0.4, 0.5) is 10.1 Å². The Morgan fingerprint density at radius 3 is 2.85 bits per heavy atom. The van der Waals surface area contributed by atoms with E-state index in [4.69, 9.17) is 0 Å². The van der Waals surface area contributed by atoms with Crippen LogP contribution in [0.5, 0.6) is 0 Å². The van der Waals surface area contributed by atoms with Gasteiger partial charge in [0.1, 0.15) is 16.0 Å². The third-order valence-electron chi connectivity index (χ3n) is 5.43. The van der Waals surface area contributed by atoms with Gasteiger partial charge in [0.25, 0.3) is 5.56 Å². The number of halogens is 1. The number of aliphatic hydroxyl groups excluding tert-OH is 1. The van der Waals surface area contributed by atoms with Crippen LogP contribution in [0.1, 0.15) is 18.9 Å². The van der Waals surface area contributed by atoms with Crippen molar-refractivity contribution in [2.75, 3.05) is 31.1 Å². The Hall–Kier alpha value is -2.23. The summed E-state index contributed by atoms with van der Waals surface area (Å²) >= 11 is 1.16. The summed E-state index contributed by atoms with van der Waals surface area (Å²) in [6.45, 7) is 1.74. The summed E-state index contributed by atoms with van der Waals surface area (Å²) in [4.78, 5) is 27.5. The molecule has 2 aromatic heterocycles. The number of rotatable bonds is 3. The zero-order chi connectivity index (χ0) is 18.7. The molecule has 1 saturated heterocycles. The van der Waals surface area contributed by atoms with Gasteiger partial charge in [-0.15, -0.1) is 0 Å². The molecule has 3 N–H and O–H groups in total. The molecule has 3 heterocycles. The number of hydrogen-bond donors (Lipinski definition) is 3. The summed E-state index contributed by atoms with van der Waals surface area (Å²) in [5, 5.41) is 13.0. The lowest BCUT2D eigenvalue weighted by Crippen LogP contribution is -2.52. The second-order valence-electron chi connectivity index (χ2n) is 7.24. The highest BCUT2D eigenvalue weighted by atomic mass is 32.1. The molecule has 0 spiro atoms. The SMILES string of the molecule is O=c1[nH]sc2c1c(=O)c1cc(F)c(N3CCNC(CO)C3)cc1n2C1CC1. The molecule has 9 heteroatoms. The largest absolute Gasteiger partial charge is 0.395 e. The zero-order valence-electron chi connectivity index (χ0n) is 14.5. The second kappa shape index (κ2) is 6.15. The summed E-state index contributed by atoms with van der Waals surface area (Å²) in [5.41, 5.74) is 0.270. The van der Waals surface area contributed by atoms with Crippen molar-refractivity contribution < 1.29 is 9.50 Å². The third-order valence-corrected chi connectivity index (χ3v) is 6.31. The predicted octanol–water partition coefficient (Wildman–Crippen LogP) is 1.15. The number of benzene rings is 1. The molecule has 3 aromatic rings. The molecule has 0 bridgehead atoms. The molecule has 5 rings (SSSR count). The van der Waals surface area contributed by atoms with Gasteiger partial charge in [0.2, 0.25) is 5.43 Å².